The molecule has 0 spiro atoms. The number of methoxy groups -OCH3 is 1. The summed E-state index contributed by atoms with van der Waals surface area (Å²) in [5.41, 5.74) is 1.16. The van der Waals surface area contributed by atoms with Crippen molar-refractivity contribution in [2.45, 2.75) is 116 Å². The van der Waals surface area contributed by atoms with Crippen LogP contribution in [0.15, 0.2) is 36.5 Å². The highest BCUT2D eigenvalue weighted by molar-refractivity contribution is 6.15. The molecule has 2 aliphatic heterocycles. The molecule has 2 aliphatic rings. The number of anilines is 1. The summed E-state index contributed by atoms with van der Waals surface area (Å²) in [5.74, 6) is -4.44. The summed E-state index contributed by atoms with van der Waals surface area (Å²) in [6.07, 6.45) is -0.782. The smallest absolute Gasteiger partial charge is 0.311 e. The van der Waals surface area contributed by atoms with E-state index in [1.54, 1.807) is 66.1 Å². The molecule has 0 bridgehead atoms. The van der Waals surface area contributed by atoms with Gasteiger partial charge in [-0.25, -0.2) is 4.68 Å². The van der Waals surface area contributed by atoms with Crippen molar-refractivity contribution >= 4 is 41.2 Å². The van der Waals surface area contributed by atoms with Gasteiger partial charge in [-0.2, -0.15) is 0 Å². The Hall–Kier alpha value is -5.12. The third-order valence-electron chi connectivity index (χ3n) is 10.1. The van der Waals surface area contributed by atoms with Gasteiger partial charge >= 0.3 is 5.97 Å². The van der Waals surface area contributed by atoms with Gasteiger partial charge in [0.1, 0.15) is 43.0 Å². The predicted molar refractivity (Wildman–Crippen MR) is 216 cm³/mol. The van der Waals surface area contributed by atoms with Gasteiger partial charge < -0.3 is 50.2 Å². The van der Waals surface area contributed by atoms with Crippen LogP contribution < -0.4 is 16.0 Å². The zero-order valence-electron chi connectivity index (χ0n) is 35.7. The van der Waals surface area contributed by atoms with Crippen LogP contribution in [0.1, 0.15) is 64.8 Å². The summed E-state index contributed by atoms with van der Waals surface area (Å²) in [6.45, 7) is 11.2. The molecule has 5 amide bonds. The maximum Gasteiger partial charge on any atom is 0.311 e. The molecular weight excluding hydrogens is 798 g/mol. The summed E-state index contributed by atoms with van der Waals surface area (Å²) in [5, 5.41) is 46.7. The molecule has 1 fully saturated rings. The van der Waals surface area contributed by atoms with E-state index in [9.17, 15) is 44.1 Å². The number of rotatable bonds is 21. The molecule has 0 saturated carbocycles. The Balaban J connectivity index is 1.43. The average molecular weight is 858 g/mol. The maximum atomic E-state index is 13.9. The minimum Gasteiger partial charge on any atom is -0.460 e. The van der Waals surface area contributed by atoms with Crippen molar-refractivity contribution in [3.8, 4) is 0 Å². The Morgan fingerprint density at radius 1 is 0.934 bits per heavy atom. The van der Waals surface area contributed by atoms with Gasteiger partial charge in [-0.1, -0.05) is 25.1 Å². The van der Waals surface area contributed by atoms with Crippen molar-refractivity contribution in [3.05, 3.63) is 53.4 Å². The molecule has 20 heteroatoms. The summed E-state index contributed by atoms with van der Waals surface area (Å²) in [7, 11) is 1.56. The van der Waals surface area contributed by atoms with Crippen molar-refractivity contribution < 1.29 is 63.0 Å². The van der Waals surface area contributed by atoms with Crippen LogP contribution in [-0.4, -0.2) is 147 Å². The summed E-state index contributed by atoms with van der Waals surface area (Å²) in [4.78, 5) is 79.9. The van der Waals surface area contributed by atoms with Crippen LogP contribution in [0.25, 0.3) is 0 Å². The van der Waals surface area contributed by atoms with Gasteiger partial charge in [-0.15, -0.1) is 5.10 Å². The standard InChI is InChI=1S/C41H59N7O13/c1-23(2)34(44-38(55)29(48-32(50)12-13-33(48)51)19-28-20-47(46-45-28)14-15-59-17-16-58-7)39(56)42-24(3)37(54)43-27-10-8-26(21-61-40(57)41(4,5)6)25(18-27)9-11-31-36(53)35(52)30(49)22-60-31/h8,10,12-13,18,20,23-24,29-31,34-36,49,52-53H,9,11,14-17,19,21-22H2,1-7H3,(H,42,56)(H,43,54)(H,44,55)/t24-,29?,30+,31-,34-,35-,36-/m0/s1. The van der Waals surface area contributed by atoms with Crippen LogP contribution in [0.3, 0.4) is 0 Å². The molecule has 336 valence electrons. The lowest BCUT2D eigenvalue weighted by molar-refractivity contribution is -0.188. The van der Waals surface area contributed by atoms with Crippen molar-refractivity contribution in [1.29, 1.82) is 0 Å². The zero-order valence-corrected chi connectivity index (χ0v) is 35.7. The van der Waals surface area contributed by atoms with Gasteiger partial charge in [0.2, 0.25) is 17.7 Å². The Morgan fingerprint density at radius 2 is 1.64 bits per heavy atom. The third-order valence-corrected chi connectivity index (χ3v) is 10.1. The molecule has 6 N–H and O–H groups in total. The van der Waals surface area contributed by atoms with Crippen LogP contribution >= 0.6 is 0 Å². The fraction of sp³-hybridized carbons (Fsp3) is 0.610. The van der Waals surface area contributed by atoms with Gasteiger partial charge in [0.25, 0.3) is 11.8 Å². The lowest BCUT2D eigenvalue weighted by Gasteiger charge is -2.35. The Labute approximate surface area is 354 Å². The van der Waals surface area contributed by atoms with E-state index < -0.39 is 89.4 Å². The molecule has 20 nitrogen and oxygen atoms in total. The number of carbonyl (C=O) groups excluding carboxylic acids is 6. The fourth-order valence-corrected chi connectivity index (χ4v) is 6.42. The summed E-state index contributed by atoms with van der Waals surface area (Å²) < 4.78 is 23.0. The van der Waals surface area contributed by atoms with Crippen molar-refractivity contribution in [1.82, 2.24) is 30.5 Å². The van der Waals surface area contributed by atoms with Crippen LogP contribution in [0, 0.1) is 11.3 Å². The van der Waals surface area contributed by atoms with E-state index in [4.69, 9.17) is 18.9 Å². The van der Waals surface area contributed by atoms with E-state index in [0.29, 0.717) is 48.9 Å². The first-order chi connectivity index (χ1) is 28.8. The van der Waals surface area contributed by atoms with E-state index in [1.165, 1.54) is 11.6 Å². The number of nitrogens with zero attached hydrogens (tertiary/aromatic N) is 4. The normalized spacial score (nSPS) is 20.7. The number of aliphatic hydroxyl groups is 3. The van der Waals surface area contributed by atoms with E-state index in [-0.39, 0.29) is 32.5 Å². The second kappa shape index (κ2) is 22.1. The fourth-order valence-electron chi connectivity index (χ4n) is 6.42. The molecule has 0 radical (unpaired) electrons. The van der Waals surface area contributed by atoms with Gasteiger partial charge in [0, 0.05) is 37.6 Å². The average Bonchev–Trinajstić information content (AvgIpc) is 3.80. The molecule has 7 atom stereocenters. The van der Waals surface area contributed by atoms with Gasteiger partial charge in [-0.05, 0) is 69.7 Å². The lowest BCUT2D eigenvalue weighted by Crippen LogP contribution is -2.58. The van der Waals surface area contributed by atoms with Gasteiger partial charge in [0.15, 0.2) is 0 Å². The number of esters is 1. The highest BCUT2D eigenvalue weighted by Gasteiger charge is 2.39. The second-order valence-electron chi connectivity index (χ2n) is 16.4. The number of ether oxygens (including phenoxy) is 4. The monoisotopic (exact) mass is 857 g/mol. The SMILES string of the molecule is COCCOCCn1cc(CC(C(=O)N[C@H](C(=O)N[C@@H](C)C(=O)Nc2ccc(COC(=O)C(C)(C)C)c(CC[C@@H]3OC[C@@H](O)[C@H](O)[C@H]3O)c2)C(C)C)N2C(=O)C=CC2=O)nn1. The Bertz CT molecular complexity index is 1880. The highest BCUT2D eigenvalue weighted by Crippen LogP contribution is 2.25. The van der Waals surface area contributed by atoms with Crippen molar-refractivity contribution in [3.63, 3.8) is 0 Å². The molecule has 61 heavy (non-hydrogen) atoms. The lowest BCUT2D eigenvalue weighted by atomic mass is 9.93. The third kappa shape index (κ3) is 13.7. The highest BCUT2D eigenvalue weighted by atomic mass is 16.5. The number of benzene rings is 1. The first-order valence-electron chi connectivity index (χ1n) is 20.2. The Morgan fingerprint density at radius 3 is 2.30 bits per heavy atom. The van der Waals surface area contributed by atoms with Gasteiger partial charge in [-0.3, -0.25) is 33.7 Å². The number of imide groups is 1. The maximum absolute atomic E-state index is 13.9. The number of aliphatic hydroxyl groups excluding tert-OH is 3. The quantitative estimate of drug-likeness (QED) is 0.0528. The van der Waals surface area contributed by atoms with Crippen LogP contribution in [0.2, 0.25) is 0 Å². The first kappa shape index (κ1) is 48.5. The molecule has 1 unspecified atom stereocenters. The second-order valence-corrected chi connectivity index (χ2v) is 16.4. The summed E-state index contributed by atoms with van der Waals surface area (Å²) in [6, 6.07) is 1.25. The number of aryl methyl sites for hydroxylation is 1. The predicted octanol–water partition coefficient (Wildman–Crippen LogP) is -0.435. The topological polar surface area (TPSA) is 270 Å². The molecule has 0 aliphatic carbocycles. The molecule has 3 heterocycles. The molecule has 1 aromatic carbocycles. The first-order valence-corrected chi connectivity index (χ1v) is 20.2. The number of amides is 5. The number of hydrogen-bond acceptors (Lipinski definition) is 15. The number of carbonyl (C=O) groups is 6. The van der Waals surface area contributed by atoms with E-state index >= 15 is 0 Å². The molecule has 2 aromatic rings. The molecular formula is C41H59N7O13. The van der Waals surface area contributed by atoms with Gasteiger partial charge in [0.05, 0.1) is 50.2 Å². The minimum absolute atomic E-state index is 0.0768. The van der Waals surface area contributed by atoms with E-state index in [2.05, 4.69) is 26.3 Å². The molecule has 4 rings (SSSR count). The zero-order chi connectivity index (χ0) is 45.0. The number of aromatic nitrogens is 3. The largest absolute Gasteiger partial charge is 0.460 e. The van der Waals surface area contributed by atoms with E-state index in [0.717, 1.165) is 17.1 Å². The van der Waals surface area contributed by atoms with Crippen LogP contribution in [0.5, 0.6) is 0 Å². The van der Waals surface area contributed by atoms with Crippen LogP contribution in [0.4, 0.5) is 5.69 Å². The summed E-state index contributed by atoms with van der Waals surface area (Å²) >= 11 is 0. The number of hydrogen-bond donors (Lipinski definition) is 6. The van der Waals surface area contributed by atoms with Crippen molar-refractivity contribution in [2.24, 2.45) is 11.3 Å². The van der Waals surface area contributed by atoms with Crippen molar-refractivity contribution in [2.75, 3.05) is 38.9 Å². The minimum atomic E-state index is -1.38. The molecule has 1 aromatic heterocycles. The van der Waals surface area contributed by atoms with Crippen LogP contribution in [-0.2, 0) is 73.7 Å². The molecule has 1 saturated heterocycles. The Kier molecular flexibility index (Phi) is 17.6. The van der Waals surface area contributed by atoms with E-state index in [1.807, 2.05) is 0 Å². The number of nitrogens with one attached hydrogen (secondary N) is 3.